The van der Waals surface area contributed by atoms with Crippen LogP contribution in [0.15, 0.2) is 24.3 Å². The summed E-state index contributed by atoms with van der Waals surface area (Å²) in [6.07, 6.45) is 0.226. The van der Waals surface area contributed by atoms with Crippen LogP contribution in [0.25, 0.3) is 0 Å². The Balaban J connectivity index is 3.22. The van der Waals surface area contributed by atoms with Crippen LogP contribution in [0.3, 0.4) is 0 Å². The number of hydrogen-bond acceptors (Lipinski definition) is 5. The Kier molecular flexibility index (Phi) is 5.23. The fourth-order valence-electron chi connectivity index (χ4n) is 2.14. The first-order chi connectivity index (χ1) is 9.01. The first-order valence-electron chi connectivity index (χ1n) is 5.89. The van der Waals surface area contributed by atoms with Gasteiger partial charge in [-0.1, -0.05) is 25.1 Å². The molecule has 0 saturated carbocycles. The highest BCUT2D eigenvalue weighted by molar-refractivity contribution is 5.37. The van der Waals surface area contributed by atoms with E-state index in [-0.39, 0.29) is 6.42 Å². The van der Waals surface area contributed by atoms with Crippen LogP contribution < -0.4 is 4.74 Å². The highest BCUT2D eigenvalue weighted by Crippen LogP contribution is 2.31. The summed E-state index contributed by atoms with van der Waals surface area (Å²) in [4.78, 5) is 20.9. The molecule has 1 aromatic carbocycles. The molecule has 0 spiro atoms. The molecule has 7 nitrogen and oxygen atoms in total. The van der Waals surface area contributed by atoms with Crippen LogP contribution in [0, 0.1) is 20.2 Å². The van der Waals surface area contributed by atoms with Crippen LogP contribution in [-0.2, 0) is 0 Å². The lowest BCUT2D eigenvalue weighted by Crippen LogP contribution is -2.32. The van der Waals surface area contributed by atoms with Crippen molar-refractivity contribution in [3.63, 3.8) is 0 Å². The Hall–Kier alpha value is -2.18. The van der Waals surface area contributed by atoms with Crippen molar-refractivity contribution in [2.24, 2.45) is 0 Å². The first kappa shape index (κ1) is 14.9. The summed E-state index contributed by atoms with van der Waals surface area (Å²) in [7, 11) is 1.44. The van der Waals surface area contributed by atoms with Crippen molar-refractivity contribution in [3.05, 3.63) is 50.1 Å². The zero-order valence-electron chi connectivity index (χ0n) is 10.8. The van der Waals surface area contributed by atoms with Crippen molar-refractivity contribution in [3.8, 4) is 5.75 Å². The predicted octanol–water partition coefficient (Wildman–Crippen LogP) is 2.11. The molecule has 2 atom stereocenters. The summed E-state index contributed by atoms with van der Waals surface area (Å²) in [6.45, 7) is 1.16. The third kappa shape index (κ3) is 3.64. The van der Waals surface area contributed by atoms with Crippen molar-refractivity contribution in [2.75, 3.05) is 13.7 Å². The average Bonchev–Trinajstić information content (AvgIpc) is 2.37. The molecule has 7 heteroatoms. The molecule has 0 N–H and O–H groups in total. The molecule has 0 bridgehead atoms. The summed E-state index contributed by atoms with van der Waals surface area (Å²) >= 11 is 0. The Labute approximate surface area is 110 Å². The van der Waals surface area contributed by atoms with Gasteiger partial charge in [0.2, 0.25) is 12.6 Å². The zero-order chi connectivity index (χ0) is 14.4. The van der Waals surface area contributed by atoms with Crippen LogP contribution in [0.2, 0.25) is 0 Å². The number of ether oxygens (including phenoxy) is 1. The molecule has 0 amide bonds. The van der Waals surface area contributed by atoms with Crippen molar-refractivity contribution >= 4 is 0 Å². The highest BCUT2D eigenvalue weighted by Gasteiger charge is 2.36. The first-order valence-corrected chi connectivity index (χ1v) is 5.89. The van der Waals surface area contributed by atoms with E-state index in [1.165, 1.54) is 7.11 Å². The van der Waals surface area contributed by atoms with Gasteiger partial charge in [0.1, 0.15) is 11.7 Å². The number of benzene rings is 1. The number of para-hydroxylation sites is 1. The van der Waals surface area contributed by atoms with Gasteiger partial charge in [0, 0.05) is 21.8 Å². The molecule has 0 unspecified atom stereocenters. The van der Waals surface area contributed by atoms with E-state index in [4.69, 9.17) is 4.74 Å². The lowest BCUT2D eigenvalue weighted by Gasteiger charge is -2.19. The fourth-order valence-corrected chi connectivity index (χ4v) is 2.14. The quantitative estimate of drug-likeness (QED) is 0.557. The second-order valence-electron chi connectivity index (χ2n) is 4.12. The van der Waals surface area contributed by atoms with Crippen molar-refractivity contribution in [1.29, 1.82) is 0 Å². The molecule has 1 aromatic rings. The molecular formula is C12H16N2O5. The van der Waals surface area contributed by atoms with Gasteiger partial charge in [-0.15, -0.1) is 0 Å². The average molecular weight is 268 g/mol. The summed E-state index contributed by atoms with van der Waals surface area (Å²) in [5.74, 6) is -0.360. The lowest BCUT2D eigenvalue weighted by molar-refractivity contribution is -0.547. The SMILES string of the molecule is CC[C@@H]([C@H](C[N+](=O)[O-])c1ccccc1OC)[N+](=O)[O-]. The Bertz CT molecular complexity index is 463. The van der Waals surface area contributed by atoms with E-state index in [0.29, 0.717) is 11.3 Å². The Morgan fingerprint density at radius 3 is 2.37 bits per heavy atom. The van der Waals surface area contributed by atoms with Gasteiger partial charge in [-0.2, -0.15) is 0 Å². The predicted molar refractivity (Wildman–Crippen MR) is 68.7 cm³/mol. The normalized spacial score (nSPS) is 13.6. The van der Waals surface area contributed by atoms with Crippen molar-refractivity contribution in [2.45, 2.75) is 25.3 Å². The number of nitrogens with zero attached hydrogens (tertiary/aromatic N) is 2. The van der Waals surface area contributed by atoms with E-state index in [1.54, 1.807) is 31.2 Å². The highest BCUT2D eigenvalue weighted by atomic mass is 16.6. The third-order valence-electron chi connectivity index (χ3n) is 3.04. The molecular weight excluding hydrogens is 252 g/mol. The zero-order valence-corrected chi connectivity index (χ0v) is 10.8. The van der Waals surface area contributed by atoms with E-state index >= 15 is 0 Å². The van der Waals surface area contributed by atoms with E-state index in [2.05, 4.69) is 0 Å². The lowest BCUT2D eigenvalue weighted by atomic mass is 9.89. The molecule has 0 aliphatic heterocycles. The largest absolute Gasteiger partial charge is 0.496 e. The molecule has 19 heavy (non-hydrogen) atoms. The minimum absolute atomic E-state index is 0.226. The monoisotopic (exact) mass is 268 g/mol. The molecule has 0 radical (unpaired) electrons. The fraction of sp³-hybridized carbons (Fsp3) is 0.500. The van der Waals surface area contributed by atoms with Gasteiger partial charge < -0.3 is 4.74 Å². The molecule has 0 aliphatic rings. The smallest absolute Gasteiger partial charge is 0.226 e. The van der Waals surface area contributed by atoms with E-state index < -0.39 is 28.4 Å². The van der Waals surface area contributed by atoms with E-state index in [9.17, 15) is 20.2 Å². The van der Waals surface area contributed by atoms with Gasteiger partial charge >= 0.3 is 0 Å². The van der Waals surface area contributed by atoms with Gasteiger partial charge in [0.15, 0.2) is 0 Å². The van der Waals surface area contributed by atoms with E-state index in [1.807, 2.05) is 0 Å². The van der Waals surface area contributed by atoms with Gasteiger partial charge in [-0.25, -0.2) is 0 Å². The molecule has 104 valence electrons. The maximum atomic E-state index is 11.1. The van der Waals surface area contributed by atoms with E-state index in [0.717, 1.165) is 0 Å². The van der Waals surface area contributed by atoms with Crippen LogP contribution in [0.5, 0.6) is 5.75 Å². The summed E-state index contributed by atoms with van der Waals surface area (Å²) in [5, 5.41) is 21.8. The standard InChI is InChI=1S/C12H16N2O5/c1-3-11(14(17)18)10(8-13(15)16)9-6-4-5-7-12(9)19-2/h4-7,10-11H,3,8H2,1-2H3/t10-,11+/m1/s1. The molecule has 0 aromatic heterocycles. The van der Waals surface area contributed by atoms with Crippen LogP contribution >= 0.6 is 0 Å². The summed E-state index contributed by atoms with van der Waals surface area (Å²) in [5.41, 5.74) is 0.505. The van der Waals surface area contributed by atoms with Crippen molar-refractivity contribution in [1.82, 2.24) is 0 Å². The number of methoxy groups -OCH3 is 1. The van der Waals surface area contributed by atoms with Crippen LogP contribution in [0.4, 0.5) is 0 Å². The minimum Gasteiger partial charge on any atom is -0.496 e. The summed E-state index contributed by atoms with van der Waals surface area (Å²) in [6, 6.07) is 5.70. The van der Waals surface area contributed by atoms with Gasteiger partial charge in [0.25, 0.3) is 0 Å². The van der Waals surface area contributed by atoms with Crippen molar-refractivity contribution < 1.29 is 14.6 Å². The van der Waals surface area contributed by atoms with Gasteiger partial charge in [-0.3, -0.25) is 20.2 Å². The molecule has 1 rings (SSSR count). The second kappa shape index (κ2) is 6.67. The minimum atomic E-state index is -0.998. The number of rotatable bonds is 7. The van der Waals surface area contributed by atoms with Crippen LogP contribution in [0.1, 0.15) is 24.8 Å². The summed E-state index contributed by atoms with van der Waals surface area (Å²) < 4.78 is 5.14. The maximum Gasteiger partial charge on any atom is 0.226 e. The third-order valence-corrected chi connectivity index (χ3v) is 3.04. The second-order valence-corrected chi connectivity index (χ2v) is 4.12. The molecule has 0 saturated heterocycles. The topological polar surface area (TPSA) is 95.5 Å². The Morgan fingerprint density at radius 1 is 1.26 bits per heavy atom. The number of nitro groups is 2. The number of hydrogen-bond donors (Lipinski definition) is 0. The maximum absolute atomic E-state index is 11.1. The molecule has 0 aliphatic carbocycles. The Morgan fingerprint density at radius 2 is 1.89 bits per heavy atom. The van der Waals surface area contributed by atoms with Crippen LogP contribution in [-0.4, -0.2) is 29.5 Å². The molecule has 0 heterocycles. The van der Waals surface area contributed by atoms with Gasteiger partial charge in [0.05, 0.1) is 7.11 Å². The van der Waals surface area contributed by atoms with Gasteiger partial charge in [-0.05, 0) is 6.07 Å². The molecule has 0 fully saturated rings.